The Morgan fingerprint density at radius 2 is 1.96 bits per heavy atom. The van der Waals surface area contributed by atoms with Gasteiger partial charge in [0.25, 0.3) is 5.91 Å². The maximum absolute atomic E-state index is 13.1. The molecule has 6 nitrogen and oxygen atoms in total. The molecule has 0 bridgehead atoms. The second-order valence-corrected chi connectivity index (χ2v) is 8.09. The van der Waals surface area contributed by atoms with Crippen LogP contribution >= 0.6 is 0 Å². The lowest BCUT2D eigenvalue weighted by Gasteiger charge is -2.44. The second kappa shape index (κ2) is 7.41. The quantitative estimate of drug-likeness (QED) is 0.858. The molecule has 2 aliphatic rings. The van der Waals surface area contributed by atoms with Gasteiger partial charge in [-0.1, -0.05) is 42.6 Å². The lowest BCUT2D eigenvalue weighted by Crippen LogP contribution is -2.52. The van der Waals surface area contributed by atoms with Gasteiger partial charge in [0.15, 0.2) is 0 Å². The van der Waals surface area contributed by atoms with Gasteiger partial charge in [-0.05, 0) is 38.3 Å². The van der Waals surface area contributed by atoms with Crippen LogP contribution in [-0.4, -0.2) is 27.4 Å². The third-order valence-corrected chi connectivity index (χ3v) is 6.31. The second-order valence-electron chi connectivity index (χ2n) is 8.09. The highest BCUT2D eigenvalue weighted by Gasteiger charge is 2.45. The normalized spacial score (nSPS) is 18.2. The van der Waals surface area contributed by atoms with Crippen LogP contribution in [0.5, 0.6) is 0 Å². The first kappa shape index (κ1) is 18.7. The highest BCUT2D eigenvalue weighted by Crippen LogP contribution is 2.41. The molecule has 1 N–H and O–H groups in total. The average molecular weight is 381 g/mol. The number of hydrogen-bond acceptors (Lipinski definition) is 4. The zero-order valence-corrected chi connectivity index (χ0v) is 16.6. The Morgan fingerprint density at radius 1 is 1.21 bits per heavy atom. The van der Waals surface area contributed by atoms with Crippen LogP contribution in [0.25, 0.3) is 0 Å². The maximum Gasteiger partial charge on any atom is 0.254 e. The standard InChI is InChI=1S/C22H27N3O3/c1-15-19(16(2)28-24-15)13-23-20(26)12-22(10-6-3-7-11-22)25-14-17-8-4-5-9-18(17)21(25)27/h4-5,8-9H,3,6-7,10-14H2,1-2H3,(H,23,26). The SMILES string of the molecule is Cc1noc(C)c1CNC(=O)CC1(N2Cc3ccccc3C2=O)CCCCC1. The Bertz CT molecular complexity index is 877. The summed E-state index contributed by atoms with van der Waals surface area (Å²) in [6.45, 7) is 4.74. The molecule has 2 aromatic rings. The molecule has 2 heterocycles. The van der Waals surface area contributed by atoms with Crippen LogP contribution in [0.15, 0.2) is 28.8 Å². The van der Waals surface area contributed by atoms with E-state index in [2.05, 4.69) is 10.5 Å². The predicted octanol–water partition coefficient (Wildman–Crippen LogP) is 3.66. The molecule has 0 spiro atoms. The number of aromatic nitrogens is 1. The molecule has 28 heavy (non-hydrogen) atoms. The number of nitrogens with one attached hydrogen (secondary N) is 1. The summed E-state index contributed by atoms with van der Waals surface area (Å²) in [6, 6.07) is 7.79. The van der Waals surface area contributed by atoms with Crippen molar-refractivity contribution in [2.45, 2.75) is 71.0 Å². The summed E-state index contributed by atoms with van der Waals surface area (Å²) >= 11 is 0. The Morgan fingerprint density at radius 3 is 2.64 bits per heavy atom. The van der Waals surface area contributed by atoms with Crippen LogP contribution in [-0.2, 0) is 17.9 Å². The van der Waals surface area contributed by atoms with Crippen molar-refractivity contribution in [3.63, 3.8) is 0 Å². The molecule has 0 radical (unpaired) electrons. The minimum absolute atomic E-state index is 0.0225. The van der Waals surface area contributed by atoms with E-state index in [1.54, 1.807) is 0 Å². The van der Waals surface area contributed by atoms with Crippen LogP contribution in [0.4, 0.5) is 0 Å². The van der Waals surface area contributed by atoms with Gasteiger partial charge < -0.3 is 14.7 Å². The van der Waals surface area contributed by atoms with Crippen molar-refractivity contribution in [3.8, 4) is 0 Å². The van der Waals surface area contributed by atoms with Crippen LogP contribution in [0.2, 0.25) is 0 Å². The number of aryl methyl sites for hydroxylation is 2. The van der Waals surface area contributed by atoms with Crippen LogP contribution in [0.1, 0.15) is 71.5 Å². The highest BCUT2D eigenvalue weighted by atomic mass is 16.5. The van der Waals surface area contributed by atoms with E-state index < -0.39 is 5.54 Å². The summed E-state index contributed by atoms with van der Waals surface area (Å²) in [5.74, 6) is 0.775. The zero-order valence-electron chi connectivity index (χ0n) is 16.6. The first-order valence-electron chi connectivity index (χ1n) is 10.1. The smallest absolute Gasteiger partial charge is 0.254 e. The molecule has 1 aliphatic carbocycles. The van der Waals surface area contributed by atoms with Crippen molar-refractivity contribution in [1.29, 1.82) is 0 Å². The van der Waals surface area contributed by atoms with E-state index in [9.17, 15) is 9.59 Å². The van der Waals surface area contributed by atoms with Crippen molar-refractivity contribution in [2.75, 3.05) is 0 Å². The lowest BCUT2D eigenvalue weighted by molar-refractivity contribution is -0.124. The van der Waals surface area contributed by atoms with Gasteiger partial charge in [0.1, 0.15) is 5.76 Å². The van der Waals surface area contributed by atoms with Gasteiger partial charge in [0, 0.05) is 30.6 Å². The number of benzene rings is 1. The summed E-state index contributed by atoms with van der Waals surface area (Å²) in [4.78, 5) is 27.9. The summed E-state index contributed by atoms with van der Waals surface area (Å²) in [5.41, 5.74) is 3.18. The highest BCUT2D eigenvalue weighted by molar-refractivity contribution is 5.99. The number of nitrogens with zero attached hydrogens (tertiary/aromatic N) is 2. The fraction of sp³-hybridized carbons (Fsp3) is 0.500. The molecule has 6 heteroatoms. The largest absolute Gasteiger partial charge is 0.361 e. The molecule has 148 valence electrons. The fourth-order valence-electron chi connectivity index (χ4n) is 4.69. The minimum Gasteiger partial charge on any atom is -0.361 e. The Kier molecular flexibility index (Phi) is 4.96. The topological polar surface area (TPSA) is 75.4 Å². The zero-order chi connectivity index (χ0) is 19.7. The third-order valence-electron chi connectivity index (χ3n) is 6.31. The third kappa shape index (κ3) is 3.32. The summed E-state index contributed by atoms with van der Waals surface area (Å²) in [6.07, 6.45) is 5.37. The summed E-state index contributed by atoms with van der Waals surface area (Å²) < 4.78 is 5.17. The van der Waals surface area contributed by atoms with Gasteiger partial charge in [-0.2, -0.15) is 0 Å². The number of amides is 2. The molecule has 0 saturated heterocycles. The van der Waals surface area contributed by atoms with E-state index >= 15 is 0 Å². The molecule has 1 aromatic heterocycles. The minimum atomic E-state index is -0.392. The van der Waals surface area contributed by atoms with E-state index in [1.165, 1.54) is 0 Å². The molecule has 4 rings (SSSR count). The van der Waals surface area contributed by atoms with E-state index in [1.807, 2.05) is 43.0 Å². The number of rotatable bonds is 5. The number of fused-ring (bicyclic) bond motifs is 1. The van der Waals surface area contributed by atoms with Crippen LogP contribution in [0.3, 0.4) is 0 Å². The predicted molar refractivity (Wildman–Crippen MR) is 105 cm³/mol. The number of carbonyl (C=O) groups excluding carboxylic acids is 2. The molecule has 1 aliphatic heterocycles. The van der Waals surface area contributed by atoms with Crippen LogP contribution < -0.4 is 5.32 Å². The Hall–Kier alpha value is -2.63. The molecular formula is C22H27N3O3. The monoisotopic (exact) mass is 381 g/mol. The van der Waals surface area contributed by atoms with Crippen molar-refractivity contribution in [2.24, 2.45) is 0 Å². The van der Waals surface area contributed by atoms with E-state index in [4.69, 9.17) is 4.52 Å². The summed E-state index contributed by atoms with van der Waals surface area (Å²) in [5, 5.41) is 6.96. The Balaban J connectivity index is 1.50. The van der Waals surface area contributed by atoms with Crippen molar-refractivity contribution in [3.05, 3.63) is 52.4 Å². The van der Waals surface area contributed by atoms with Crippen LogP contribution in [0, 0.1) is 13.8 Å². The average Bonchev–Trinajstić information content (AvgIpc) is 3.21. The van der Waals surface area contributed by atoms with Gasteiger partial charge in [0.05, 0.1) is 11.2 Å². The first-order valence-corrected chi connectivity index (χ1v) is 10.1. The first-order chi connectivity index (χ1) is 13.5. The number of hydrogen-bond donors (Lipinski definition) is 1. The van der Waals surface area contributed by atoms with E-state index in [0.717, 1.165) is 60.2 Å². The maximum atomic E-state index is 13.1. The van der Waals surface area contributed by atoms with E-state index in [0.29, 0.717) is 19.5 Å². The molecular weight excluding hydrogens is 354 g/mol. The molecule has 0 unspecified atom stereocenters. The molecule has 1 fully saturated rings. The molecule has 1 aromatic carbocycles. The fourth-order valence-corrected chi connectivity index (χ4v) is 4.69. The van der Waals surface area contributed by atoms with Gasteiger partial charge in [-0.15, -0.1) is 0 Å². The lowest BCUT2D eigenvalue weighted by atomic mass is 9.77. The van der Waals surface area contributed by atoms with Crippen molar-refractivity contribution < 1.29 is 14.1 Å². The van der Waals surface area contributed by atoms with Gasteiger partial charge in [0.2, 0.25) is 5.91 Å². The number of carbonyl (C=O) groups is 2. The van der Waals surface area contributed by atoms with E-state index in [-0.39, 0.29) is 11.8 Å². The van der Waals surface area contributed by atoms with Crippen molar-refractivity contribution >= 4 is 11.8 Å². The van der Waals surface area contributed by atoms with Gasteiger partial charge in [-0.25, -0.2) is 0 Å². The molecule has 2 amide bonds. The van der Waals surface area contributed by atoms with Gasteiger partial charge in [-0.3, -0.25) is 9.59 Å². The van der Waals surface area contributed by atoms with Gasteiger partial charge >= 0.3 is 0 Å². The molecule has 0 atom stereocenters. The molecule has 1 saturated carbocycles. The Labute approximate surface area is 165 Å². The summed E-state index contributed by atoms with van der Waals surface area (Å²) in [7, 11) is 0. The van der Waals surface area contributed by atoms with Crippen molar-refractivity contribution in [1.82, 2.24) is 15.4 Å².